The van der Waals surface area contributed by atoms with Gasteiger partial charge in [-0.15, -0.1) is 0 Å². The number of hydrogen-bond donors (Lipinski definition) is 3. The Bertz CT molecular complexity index is 504. The van der Waals surface area contributed by atoms with E-state index in [9.17, 15) is 4.21 Å². The lowest BCUT2D eigenvalue weighted by Gasteiger charge is -2.18. The van der Waals surface area contributed by atoms with Crippen molar-refractivity contribution in [2.45, 2.75) is 45.1 Å². The minimum Gasteiger partial charge on any atom is -0.367 e. The third-order valence-electron chi connectivity index (χ3n) is 3.46. The molecule has 0 aromatic carbocycles. The molecule has 112 valence electrons. The van der Waals surface area contributed by atoms with Crippen molar-refractivity contribution in [2.75, 3.05) is 22.8 Å². The summed E-state index contributed by atoms with van der Waals surface area (Å²) < 4.78 is 11.2. The number of nitrogens with zero attached hydrogens (tertiary/aromatic N) is 2. The Kier molecular flexibility index (Phi) is 4.93. The zero-order chi connectivity index (χ0) is 14.7. The van der Waals surface area contributed by atoms with E-state index in [4.69, 9.17) is 5.84 Å². The number of nitrogens with one attached hydrogen (secondary N) is 2. The molecule has 7 heteroatoms. The van der Waals surface area contributed by atoms with Gasteiger partial charge in [-0.25, -0.2) is 15.8 Å². The SMILES string of the molecule is Cc1c(NN)nc(C2CC2)nc1NC(C)CCS(C)=O. The van der Waals surface area contributed by atoms with Crippen LogP contribution in [0.25, 0.3) is 0 Å². The van der Waals surface area contributed by atoms with E-state index in [0.717, 1.165) is 36.5 Å². The van der Waals surface area contributed by atoms with Crippen molar-refractivity contribution in [1.29, 1.82) is 0 Å². The van der Waals surface area contributed by atoms with E-state index in [0.29, 0.717) is 17.5 Å². The molecule has 2 unspecified atom stereocenters. The summed E-state index contributed by atoms with van der Waals surface area (Å²) in [4.78, 5) is 9.08. The molecule has 0 amide bonds. The third-order valence-corrected chi connectivity index (χ3v) is 4.27. The molecule has 0 radical (unpaired) electrons. The van der Waals surface area contributed by atoms with Gasteiger partial charge in [-0.2, -0.15) is 0 Å². The first kappa shape index (κ1) is 15.2. The van der Waals surface area contributed by atoms with E-state index in [1.165, 1.54) is 0 Å². The third kappa shape index (κ3) is 3.89. The highest BCUT2D eigenvalue weighted by Gasteiger charge is 2.28. The largest absolute Gasteiger partial charge is 0.367 e. The van der Waals surface area contributed by atoms with Crippen LogP contribution in [0.3, 0.4) is 0 Å². The molecule has 0 saturated heterocycles. The van der Waals surface area contributed by atoms with Crippen LogP contribution < -0.4 is 16.6 Å². The molecule has 6 nitrogen and oxygen atoms in total. The molecule has 0 aliphatic heterocycles. The number of rotatable bonds is 7. The fraction of sp³-hybridized carbons (Fsp3) is 0.692. The number of anilines is 2. The van der Waals surface area contributed by atoms with Gasteiger partial charge in [-0.1, -0.05) is 0 Å². The summed E-state index contributed by atoms with van der Waals surface area (Å²) >= 11 is 0. The smallest absolute Gasteiger partial charge is 0.148 e. The molecule has 1 heterocycles. The Labute approximate surface area is 122 Å². The van der Waals surface area contributed by atoms with Crippen molar-refractivity contribution in [1.82, 2.24) is 9.97 Å². The monoisotopic (exact) mass is 297 g/mol. The highest BCUT2D eigenvalue weighted by atomic mass is 32.2. The van der Waals surface area contributed by atoms with Crippen molar-refractivity contribution in [3.05, 3.63) is 11.4 Å². The van der Waals surface area contributed by atoms with E-state index in [1.807, 2.05) is 6.92 Å². The van der Waals surface area contributed by atoms with Gasteiger partial charge in [0.1, 0.15) is 17.5 Å². The number of nitrogen functional groups attached to an aromatic ring is 1. The Hall–Kier alpha value is -1.21. The van der Waals surface area contributed by atoms with Gasteiger partial charge in [-0.05, 0) is 33.1 Å². The predicted octanol–water partition coefficient (Wildman–Crippen LogP) is 1.52. The van der Waals surface area contributed by atoms with Gasteiger partial charge in [-0.3, -0.25) is 4.21 Å². The van der Waals surface area contributed by atoms with E-state index in [1.54, 1.807) is 6.26 Å². The second-order valence-corrected chi connectivity index (χ2v) is 6.99. The average Bonchev–Trinajstić information content (AvgIpc) is 3.23. The zero-order valence-corrected chi connectivity index (χ0v) is 13.1. The first-order valence-corrected chi connectivity index (χ1v) is 8.65. The van der Waals surface area contributed by atoms with Gasteiger partial charge in [0.15, 0.2) is 0 Å². The first-order valence-electron chi connectivity index (χ1n) is 6.93. The number of hydrazine groups is 1. The number of nitrogens with two attached hydrogens (primary N) is 1. The zero-order valence-electron chi connectivity index (χ0n) is 12.3. The summed E-state index contributed by atoms with van der Waals surface area (Å²) in [6, 6.07) is 0.213. The van der Waals surface area contributed by atoms with Crippen LogP contribution >= 0.6 is 0 Å². The molecule has 0 bridgehead atoms. The lowest BCUT2D eigenvalue weighted by atomic mass is 10.2. The van der Waals surface area contributed by atoms with E-state index in [2.05, 4.69) is 27.6 Å². The molecule has 1 saturated carbocycles. The van der Waals surface area contributed by atoms with Crippen LogP contribution in [0, 0.1) is 6.92 Å². The van der Waals surface area contributed by atoms with Crippen LogP contribution in [0.2, 0.25) is 0 Å². The van der Waals surface area contributed by atoms with Crippen LogP contribution in [0.4, 0.5) is 11.6 Å². The summed E-state index contributed by atoms with van der Waals surface area (Å²) in [5.74, 6) is 9.05. The highest BCUT2D eigenvalue weighted by Crippen LogP contribution is 2.39. The van der Waals surface area contributed by atoms with Crippen molar-refractivity contribution < 1.29 is 4.21 Å². The van der Waals surface area contributed by atoms with Crippen LogP contribution in [-0.4, -0.2) is 32.2 Å². The summed E-state index contributed by atoms with van der Waals surface area (Å²) in [7, 11) is -0.762. The number of hydrogen-bond acceptors (Lipinski definition) is 6. The van der Waals surface area contributed by atoms with E-state index in [-0.39, 0.29) is 6.04 Å². The summed E-state index contributed by atoms with van der Waals surface area (Å²) in [6.07, 6.45) is 4.87. The fourth-order valence-corrected chi connectivity index (χ4v) is 2.67. The van der Waals surface area contributed by atoms with Crippen LogP contribution in [0.1, 0.15) is 43.5 Å². The molecule has 0 spiro atoms. The van der Waals surface area contributed by atoms with Crippen molar-refractivity contribution >= 4 is 22.4 Å². The molecule has 2 rings (SSSR count). The normalized spacial score (nSPS) is 17.6. The maximum atomic E-state index is 11.2. The maximum absolute atomic E-state index is 11.2. The molecule has 1 aromatic heterocycles. The summed E-state index contributed by atoms with van der Waals surface area (Å²) in [6.45, 7) is 4.01. The van der Waals surface area contributed by atoms with Gasteiger partial charge in [0.25, 0.3) is 0 Å². The first-order chi connectivity index (χ1) is 9.51. The molecular formula is C13H23N5OS. The van der Waals surface area contributed by atoms with Crippen molar-refractivity contribution in [3.63, 3.8) is 0 Å². The molecule has 1 fully saturated rings. The lowest BCUT2D eigenvalue weighted by Crippen LogP contribution is -2.21. The van der Waals surface area contributed by atoms with Gasteiger partial charge in [0, 0.05) is 40.3 Å². The topological polar surface area (TPSA) is 92.9 Å². The van der Waals surface area contributed by atoms with Crippen molar-refractivity contribution in [2.24, 2.45) is 5.84 Å². The molecule has 1 aliphatic carbocycles. The van der Waals surface area contributed by atoms with Gasteiger partial charge in [0.2, 0.25) is 0 Å². The molecule has 1 aromatic rings. The second kappa shape index (κ2) is 6.49. The Morgan fingerprint density at radius 3 is 2.60 bits per heavy atom. The van der Waals surface area contributed by atoms with Gasteiger partial charge >= 0.3 is 0 Å². The molecule has 4 N–H and O–H groups in total. The minimum atomic E-state index is -0.762. The molecule has 1 aliphatic rings. The Balaban J connectivity index is 2.12. The van der Waals surface area contributed by atoms with E-state index >= 15 is 0 Å². The van der Waals surface area contributed by atoms with Crippen molar-refractivity contribution in [3.8, 4) is 0 Å². The number of aromatic nitrogens is 2. The van der Waals surface area contributed by atoms with Crippen LogP contribution in [-0.2, 0) is 10.8 Å². The maximum Gasteiger partial charge on any atom is 0.148 e. The lowest BCUT2D eigenvalue weighted by molar-refractivity contribution is 0.678. The minimum absolute atomic E-state index is 0.213. The summed E-state index contributed by atoms with van der Waals surface area (Å²) in [5.41, 5.74) is 3.56. The average molecular weight is 297 g/mol. The molecule has 20 heavy (non-hydrogen) atoms. The molecule has 2 atom stereocenters. The Morgan fingerprint density at radius 2 is 2.05 bits per heavy atom. The predicted molar refractivity (Wildman–Crippen MR) is 83.2 cm³/mol. The van der Waals surface area contributed by atoms with Crippen LogP contribution in [0.5, 0.6) is 0 Å². The highest BCUT2D eigenvalue weighted by molar-refractivity contribution is 7.84. The van der Waals surface area contributed by atoms with Gasteiger partial charge in [0.05, 0.1) is 0 Å². The summed E-state index contributed by atoms with van der Waals surface area (Å²) in [5, 5.41) is 3.38. The Morgan fingerprint density at radius 1 is 1.40 bits per heavy atom. The standard InChI is InChI=1S/C13H23N5OS/c1-8(6-7-20(3)19)15-11-9(2)12(18-14)17-13(16-11)10-4-5-10/h8,10H,4-7,14H2,1-3H3,(H2,15,16,17,18). The molecular weight excluding hydrogens is 274 g/mol. The van der Waals surface area contributed by atoms with Crippen LogP contribution in [0.15, 0.2) is 0 Å². The van der Waals surface area contributed by atoms with Gasteiger partial charge < -0.3 is 10.7 Å². The van der Waals surface area contributed by atoms with E-state index < -0.39 is 10.8 Å². The second-order valence-electron chi connectivity index (χ2n) is 5.43. The fourth-order valence-electron chi connectivity index (χ4n) is 1.99. The quantitative estimate of drug-likeness (QED) is 0.522.